The fourth-order valence-corrected chi connectivity index (χ4v) is 4.36. The van der Waals surface area contributed by atoms with E-state index in [4.69, 9.17) is 14.7 Å². The fraction of sp³-hybridized carbons (Fsp3) is 0.478. The Labute approximate surface area is 197 Å². The van der Waals surface area contributed by atoms with Crippen LogP contribution < -0.4 is 10.2 Å². The number of amides is 1. The molecule has 0 aromatic carbocycles. The molecule has 3 aromatic heterocycles. The number of pyridine rings is 1. The van der Waals surface area contributed by atoms with Gasteiger partial charge in [-0.3, -0.25) is 9.78 Å². The Hall–Kier alpha value is -2.66. The Balaban J connectivity index is 2.00. The first-order valence-corrected chi connectivity index (χ1v) is 12.0. The Kier molecular flexibility index (Phi) is 9.95. The maximum Gasteiger partial charge on any atom is 0.252 e. The van der Waals surface area contributed by atoms with E-state index in [0.717, 1.165) is 12.8 Å². The first kappa shape index (κ1) is 25.0. The summed E-state index contributed by atoms with van der Waals surface area (Å²) in [6.07, 6.45) is 4.48. The van der Waals surface area contributed by atoms with E-state index in [1.54, 1.807) is 13.3 Å². The molecule has 0 saturated heterocycles. The highest BCUT2D eigenvalue weighted by atomic mass is 32.1. The lowest BCUT2D eigenvalue weighted by Crippen LogP contribution is -2.29. The van der Waals surface area contributed by atoms with Crippen LogP contribution in [-0.2, 0) is 4.74 Å². The maximum absolute atomic E-state index is 13.0. The Bertz CT molecular complexity index is 1010. The van der Waals surface area contributed by atoms with Crippen molar-refractivity contribution in [3.8, 4) is 11.5 Å². The van der Waals surface area contributed by atoms with Gasteiger partial charge in [0.15, 0.2) is 5.82 Å². The zero-order valence-electron chi connectivity index (χ0n) is 18.9. The molecular weight excluding hydrogens is 442 g/mol. The summed E-state index contributed by atoms with van der Waals surface area (Å²) < 4.78 is 5.06. The van der Waals surface area contributed by atoms with Crippen LogP contribution in [0, 0.1) is 0 Å². The second kappa shape index (κ2) is 13.1. The van der Waals surface area contributed by atoms with Gasteiger partial charge in [0.25, 0.3) is 5.91 Å². The lowest BCUT2D eigenvalue weighted by atomic mass is 10.2. The number of hydrogen-bond donors (Lipinski definition) is 3. The standard InChI is InChI=1S/C23H31N5O4S/c1-32-15-5-4-10-25-22(31)17-16-33-23-19(17)21(28(11-6-13-29)12-7-14-30)26-20(27-23)18-8-2-3-9-24-18/h2-3,8-9,16,29-30H,4-7,10-15H2,1H3,(H,25,31). The minimum atomic E-state index is -0.168. The van der Waals surface area contributed by atoms with E-state index in [9.17, 15) is 15.0 Å². The third-order valence-corrected chi connectivity index (χ3v) is 5.96. The second-order valence-corrected chi connectivity index (χ2v) is 8.37. The molecule has 0 fully saturated rings. The molecule has 3 aromatic rings. The molecule has 0 aliphatic heterocycles. The zero-order valence-corrected chi connectivity index (χ0v) is 19.7. The Morgan fingerprint density at radius 2 is 1.91 bits per heavy atom. The van der Waals surface area contributed by atoms with Crippen molar-refractivity contribution in [2.45, 2.75) is 25.7 Å². The van der Waals surface area contributed by atoms with Crippen molar-refractivity contribution in [2.24, 2.45) is 0 Å². The summed E-state index contributed by atoms with van der Waals surface area (Å²) >= 11 is 1.39. The van der Waals surface area contributed by atoms with Crippen LogP contribution in [0.25, 0.3) is 21.7 Å². The summed E-state index contributed by atoms with van der Waals surface area (Å²) in [5.41, 5.74) is 1.17. The summed E-state index contributed by atoms with van der Waals surface area (Å²) in [5, 5.41) is 24.3. The van der Waals surface area contributed by atoms with E-state index in [0.29, 0.717) is 72.2 Å². The first-order valence-electron chi connectivity index (χ1n) is 11.1. The zero-order chi connectivity index (χ0) is 23.5. The van der Waals surface area contributed by atoms with Crippen molar-refractivity contribution in [1.29, 1.82) is 0 Å². The number of anilines is 1. The van der Waals surface area contributed by atoms with E-state index in [2.05, 4.69) is 10.3 Å². The number of methoxy groups -OCH3 is 1. The van der Waals surface area contributed by atoms with Gasteiger partial charge in [-0.25, -0.2) is 9.97 Å². The highest BCUT2D eigenvalue weighted by Crippen LogP contribution is 2.34. The van der Waals surface area contributed by atoms with Crippen LogP contribution in [0.3, 0.4) is 0 Å². The number of carbonyl (C=O) groups excluding carboxylic acids is 1. The quantitative estimate of drug-likeness (QED) is 0.305. The highest BCUT2D eigenvalue weighted by molar-refractivity contribution is 7.17. The molecule has 0 unspecified atom stereocenters. The molecule has 0 aliphatic rings. The van der Waals surface area contributed by atoms with Gasteiger partial charge in [-0.2, -0.15) is 0 Å². The number of nitrogens with one attached hydrogen (secondary N) is 1. The molecule has 1 amide bonds. The number of aliphatic hydroxyl groups is 2. The monoisotopic (exact) mass is 473 g/mol. The molecule has 0 saturated carbocycles. The smallest absolute Gasteiger partial charge is 0.252 e. The number of ether oxygens (including phenoxy) is 1. The average Bonchev–Trinajstić information content (AvgIpc) is 3.28. The van der Waals surface area contributed by atoms with E-state index in [1.807, 2.05) is 28.5 Å². The number of carbonyl (C=O) groups is 1. The number of unbranched alkanes of at least 4 members (excludes halogenated alkanes) is 1. The van der Waals surface area contributed by atoms with Gasteiger partial charge >= 0.3 is 0 Å². The molecule has 33 heavy (non-hydrogen) atoms. The molecule has 0 atom stereocenters. The van der Waals surface area contributed by atoms with Crippen LogP contribution in [0.15, 0.2) is 29.8 Å². The van der Waals surface area contributed by atoms with Gasteiger partial charge in [0.2, 0.25) is 0 Å². The molecule has 3 rings (SSSR count). The van der Waals surface area contributed by atoms with Crippen molar-refractivity contribution in [3.63, 3.8) is 0 Å². The predicted octanol–water partition coefficient (Wildman–Crippen LogP) is 2.48. The number of fused-ring (bicyclic) bond motifs is 1. The van der Waals surface area contributed by atoms with Crippen LogP contribution in [0.4, 0.5) is 5.82 Å². The molecule has 178 valence electrons. The summed E-state index contributed by atoms with van der Waals surface area (Å²) in [4.78, 5) is 29.6. The number of rotatable bonds is 14. The molecule has 0 spiro atoms. The van der Waals surface area contributed by atoms with E-state index in [-0.39, 0.29) is 19.1 Å². The fourth-order valence-electron chi connectivity index (χ4n) is 3.44. The number of hydrogen-bond acceptors (Lipinski definition) is 9. The van der Waals surface area contributed by atoms with Crippen molar-refractivity contribution >= 4 is 33.3 Å². The number of thiophene rings is 1. The lowest BCUT2D eigenvalue weighted by Gasteiger charge is -2.24. The first-order chi connectivity index (χ1) is 16.2. The molecular formula is C23H31N5O4S. The van der Waals surface area contributed by atoms with Crippen LogP contribution in [0.1, 0.15) is 36.0 Å². The van der Waals surface area contributed by atoms with Gasteiger partial charge < -0.3 is 25.2 Å². The van der Waals surface area contributed by atoms with Crippen LogP contribution in [0.5, 0.6) is 0 Å². The van der Waals surface area contributed by atoms with Crippen molar-refractivity contribution in [1.82, 2.24) is 20.3 Å². The van der Waals surface area contributed by atoms with E-state index in [1.165, 1.54) is 11.3 Å². The van der Waals surface area contributed by atoms with Crippen LogP contribution >= 0.6 is 11.3 Å². The summed E-state index contributed by atoms with van der Waals surface area (Å²) in [6, 6.07) is 5.55. The van der Waals surface area contributed by atoms with Gasteiger partial charge in [-0.1, -0.05) is 6.07 Å². The summed E-state index contributed by atoms with van der Waals surface area (Å²) in [5.74, 6) is 0.927. The number of aromatic nitrogens is 3. The average molecular weight is 474 g/mol. The molecule has 0 bridgehead atoms. The van der Waals surface area contributed by atoms with Gasteiger partial charge in [0.05, 0.1) is 10.9 Å². The summed E-state index contributed by atoms with van der Waals surface area (Å²) in [6.45, 7) is 2.37. The molecule has 9 nitrogen and oxygen atoms in total. The Morgan fingerprint density at radius 1 is 1.12 bits per heavy atom. The van der Waals surface area contributed by atoms with Crippen molar-refractivity contribution in [2.75, 3.05) is 51.5 Å². The SMILES string of the molecule is COCCCCNC(=O)c1csc2nc(-c3ccccn3)nc(N(CCCO)CCCO)c12. The molecule has 0 radical (unpaired) electrons. The van der Waals surface area contributed by atoms with Gasteiger partial charge in [0, 0.05) is 58.1 Å². The molecule has 3 heterocycles. The third-order valence-electron chi connectivity index (χ3n) is 5.09. The largest absolute Gasteiger partial charge is 0.396 e. The predicted molar refractivity (Wildman–Crippen MR) is 130 cm³/mol. The van der Waals surface area contributed by atoms with E-state index < -0.39 is 0 Å². The minimum Gasteiger partial charge on any atom is -0.396 e. The van der Waals surface area contributed by atoms with Crippen molar-refractivity contribution in [3.05, 3.63) is 35.3 Å². The van der Waals surface area contributed by atoms with Gasteiger partial charge in [0.1, 0.15) is 16.3 Å². The van der Waals surface area contributed by atoms with Crippen LogP contribution in [0.2, 0.25) is 0 Å². The van der Waals surface area contributed by atoms with E-state index >= 15 is 0 Å². The Morgan fingerprint density at radius 3 is 2.58 bits per heavy atom. The molecule has 0 aliphatic carbocycles. The van der Waals surface area contributed by atoms with Crippen LogP contribution in [-0.4, -0.2) is 77.6 Å². The second-order valence-electron chi connectivity index (χ2n) is 7.51. The maximum atomic E-state index is 13.0. The normalized spacial score (nSPS) is 11.1. The topological polar surface area (TPSA) is 121 Å². The lowest BCUT2D eigenvalue weighted by molar-refractivity contribution is 0.0953. The van der Waals surface area contributed by atoms with Crippen molar-refractivity contribution < 1.29 is 19.7 Å². The third kappa shape index (κ3) is 6.67. The minimum absolute atomic E-state index is 0.0371. The molecule has 3 N–H and O–H groups in total. The number of nitrogens with zero attached hydrogens (tertiary/aromatic N) is 4. The van der Waals surface area contributed by atoms with Gasteiger partial charge in [-0.15, -0.1) is 11.3 Å². The highest BCUT2D eigenvalue weighted by Gasteiger charge is 2.23. The molecule has 10 heteroatoms. The summed E-state index contributed by atoms with van der Waals surface area (Å²) in [7, 11) is 1.66. The number of aliphatic hydroxyl groups excluding tert-OH is 2. The van der Waals surface area contributed by atoms with Gasteiger partial charge in [-0.05, 0) is 37.8 Å².